The van der Waals surface area contributed by atoms with Crippen molar-refractivity contribution in [1.82, 2.24) is 4.98 Å². The molecule has 0 saturated heterocycles. The first-order valence-electron chi connectivity index (χ1n) is 5.76. The molecular weight excluding hydrogens is 228 g/mol. The van der Waals surface area contributed by atoms with Gasteiger partial charge < -0.3 is 5.32 Å². The van der Waals surface area contributed by atoms with Gasteiger partial charge in [-0.2, -0.15) is 0 Å². The predicted molar refractivity (Wildman–Crippen MR) is 76.0 cm³/mol. The lowest BCUT2D eigenvalue weighted by Crippen LogP contribution is -1.92. The standard InChI is InChI=1S/C14H18N2S/c1-8-6-9(2)12(10(3)7-8)13-11(4)17-14(15-5)16-13/h6-7H,1-5H3,(H,15,16). The molecule has 0 unspecified atom stereocenters. The van der Waals surface area contributed by atoms with Crippen molar-refractivity contribution in [1.29, 1.82) is 0 Å². The molecule has 0 aliphatic heterocycles. The Morgan fingerprint density at radius 3 is 2.12 bits per heavy atom. The zero-order valence-electron chi connectivity index (χ0n) is 11.0. The van der Waals surface area contributed by atoms with Crippen LogP contribution in [-0.2, 0) is 0 Å². The van der Waals surface area contributed by atoms with E-state index in [1.807, 2.05) is 7.05 Å². The molecule has 0 aliphatic carbocycles. The third-order valence-corrected chi connectivity index (χ3v) is 3.91. The first-order valence-corrected chi connectivity index (χ1v) is 6.58. The van der Waals surface area contributed by atoms with Crippen molar-refractivity contribution < 1.29 is 0 Å². The second-order valence-corrected chi connectivity index (χ2v) is 5.65. The van der Waals surface area contributed by atoms with Gasteiger partial charge in [0.15, 0.2) is 5.13 Å². The third-order valence-electron chi connectivity index (χ3n) is 2.92. The molecule has 0 saturated carbocycles. The van der Waals surface area contributed by atoms with Crippen molar-refractivity contribution in [3.63, 3.8) is 0 Å². The Bertz CT molecular complexity index is 532. The number of rotatable bonds is 2. The Labute approximate surface area is 107 Å². The van der Waals surface area contributed by atoms with E-state index in [-0.39, 0.29) is 0 Å². The molecule has 90 valence electrons. The fourth-order valence-corrected chi connectivity index (χ4v) is 3.06. The minimum absolute atomic E-state index is 0.983. The predicted octanol–water partition coefficient (Wildman–Crippen LogP) is 4.09. The first-order chi connectivity index (χ1) is 8.02. The maximum Gasteiger partial charge on any atom is 0.183 e. The average molecular weight is 246 g/mol. The number of thiazole rings is 1. The van der Waals surface area contributed by atoms with Crippen LogP contribution < -0.4 is 5.32 Å². The fourth-order valence-electron chi connectivity index (χ4n) is 2.29. The lowest BCUT2D eigenvalue weighted by atomic mass is 9.97. The molecule has 0 fully saturated rings. The van der Waals surface area contributed by atoms with Crippen LogP contribution in [0.15, 0.2) is 12.1 Å². The van der Waals surface area contributed by atoms with E-state index in [2.05, 4.69) is 50.1 Å². The number of benzene rings is 1. The van der Waals surface area contributed by atoms with E-state index in [4.69, 9.17) is 0 Å². The summed E-state index contributed by atoms with van der Waals surface area (Å²) >= 11 is 1.71. The molecule has 1 aromatic carbocycles. The third kappa shape index (κ3) is 2.20. The molecule has 17 heavy (non-hydrogen) atoms. The average Bonchev–Trinajstić information content (AvgIpc) is 2.59. The Hall–Kier alpha value is -1.35. The van der Waals surface area contributed by atoms with Crippen LogP contribution in [0.4, 0.5) is 5.13 Å². The summed E-state index contributed by atoms with van der Waals surface area (Å²) in [6, 6.07) is 4.44. The number of anilines is 1. The molecule has 0 spiro atoms. The van der Waals surface area contributed by atoms with Crippen molar-refractivity contribution in [3.8, 4) is 11.3 Å². The Morgan fingerprint density at radius 1 is 1.06 bits per heavy atom. The number of aryl methyl sites for hydroxylation is 4. The monoisotopic (exact) mass is 246 g/mol. The molecule has 2 rings (SSSR count). The van der Waals surface area contributed by atoms with E-state index in [0.717, 1.165) is 10.8 Å². The summed E-state index contributed by atoms with van der Waals surface area (Å²) in [6.07, 6.45) is 0. The van der Waals surface area contributed by atoms with E-state index in [1.165, 1.54) is 27.1 Å². The van der Waals surface area contributed by atoms with Gasteiger partial charge in [0.1, 0.15) is 0 Å². The van der Waals surface area contributed by atoms with Crippen LogP contribution in [0.25, 0.3) is 11.3 Å². The number of hydrogen-bond acceptors (Lipinski definition) is 3. The van der Waals surface area contributed by atoms with Gasteiger partial charge in [0.25, 0.3) is 0 Å². The summed E-state index contributed by atoms with van der Waals surface area (Å²) in [5.41, 5.74) is 6.32. The summed E-state index contributed by atoms with van der Waals surface area (Å²) in [6.45, 7) is 8.59. The Balaban J connectivity index is 2.63. The SMILES string of the molecule is CNc1nc(-c2c(C)cc(C)cc2C)c(C)s1. The van der Waals surface area contributed by atoms with Gasteiger partial charge in [-0.1, -0.05) is 17.7 Å². The summed E-state index contributed by atoms with van der Waals surface area (Å²) in [5, 5.41) is 4.10. The van der Waals surface area contributed by atoms with Crippen LogP contribution in [0.3, 0.4) is 0 Å². The van der Waals surface area contributed by atoms with Gasteiger partial charge in [-0.15, -0.1) is 11.3 Å². The topological polar surface area (TPSA) is 24.9 Å². The van der Waals surface area contributed by atoms with Crippen LogP contribution in [0.2, 0.25) is 0 Å². The number of hydrogen-bond donors (Lipinski definition) is 1. The van der Waals surface area contributed by atoms with Gasteiger partial charge in [-0.05, 0) is 38.8 Å². The van der Waals surface area contributed by atoms with Gasteiger partial charge in [0, 0.05) is 17.5 Å². The van der Waals surface area contributed by atoms with E-state index in [1.54, 1.807) is 11.3 Å². The van der Waals surface area contributed by atoms with Crippen LogP contribution in [-0.4, -0.2) is 12.0 Å². The van der Waals surface area contributed by atoms with Crippen LogP contribution >= 0.6 is 11.3 Å². The molecule has 2 aromatic rings. The molecule has 3 heteroatoms. The van der Waals surface area contributed by atoms with Gasteiger partial charge in [-0.25, -0.2) is 4.98 Å². The van der Waals surface area contributed by atoms with Crippen LogP contribution in [0.1, 0.15) is 21.6 Å². The zero-order valence-corrected chi connectivity index (χ0v) is 11.8. The van der Waals surface area contributed by atoms with Crippen LogP contribution in [0.5, 0.6) is 0 Å². The number of nitrogens with zero attached hydrogens (tertiary/aromatic N) is 1. The minimum atomic E-state index is 0.983. The highest BCUT2D eigenvalue weighted by atomic mass is 32.1. The van der Waals surface area contributed by atoms with Crippen molar-refractivity contribution >= 4 is 16.5 Å². The molecule has 0 aliphatic rings. The van der Waals surface area contributed by atoms with Crippen molar-refractivity contribution in [3.05, 3.63) is 33.7 Å². The second-order valence-electron chi connectivity index (χ2n) is 4.45. The van der Waals surface area contributed by atoms with Gasteiger partial charge >= 0.3 is 0 Å². The molecule has 1 N–H and O–H groups in total. The number of nitrogens with one attached hydrogen (secondary N) is 1. The maximum absolute atomic E-state index is 4.66. The summed E-state index contributed by atoms with van der Waals surface area (Å²) < 4.78 is 0. The van der Waals surface area contributed by atoms with E-state index >= 15 is 0 Å². The van der Waals surface area contributed by atoms with Gasteiger partial charge in [0.05, 0.1) is 5.69 Å². The molecule has 2 nitrogen and oxygen atoms in total. The Morgan fingerprint density at radius 2 is 1.65 bits per heavy atom. The molecule has 1 heterocycles. The minimum Gasteiger partial charge on any atom is -0.365 e. The van der Waals surface area contributed by atoms with Gasteiger partial charge in [-0.3, -0.25) is 0 Å². The first kappa shape index (κ1) is 12.1. The maximum atomic E-state index is 4.66. The van der Waals surface area contributed by atoms with Gasteiger partial charge in [0.2, 0.25) is 0 Å². The van der Waals surface area contributed by atoms with E-state index < -0.39 is 0 Å². The van der Waals surface area contributed by atoms with E-state index in [0.29, 0.717) is 0 Å². The molecule has 0 radical (unpaired) electrons. The quantitative estimate of drug-likeness (QED) is 0.863. The summed E-state index contributed by atoms with van der Waals surface area (Å²) in [5.74, 6) is 0. The molecule has 0 bridgehead atoms. The summed E-state index contributed by atoms with van der Waals surface area (Å²) in [4.78, 5) is 5.93. The molecule has 0 atom stereocenters. The summed E-state index contributed by atoms with van der Waals surface area (Å²) in [7, 11) is 1.91. The van der Waals surface area contributed by atoms with Crippen molar-refractivity contribution in [2.45, 2.75) is 27.7 Å². The lowest BCUT2D eigenvalue weighted by Gasteiger charge is -2.09. The normalized spacial score (nSPS) is 10.6. The molecule has 1 aromatic heterocycles. The highest BCUT2D eigenvalue weighted by molar-refractivity contribution is 7.16. The Kier molecular flexibility index (Phi) is 3.20. The fraction of sp³-hybridized carbons (Fsp3) is 0.357. The lowest BCUT2D eigenvalue weighted by molar-refractivity contribution is 1.27. The van der Waals surface area contributed by atoms with Crippen molar-refractivity contribution in [2.75, 3.05) is 12.4 Å². The largest absolute Gasteiger partial charge is 0.365 e. The second kappa shape index (κ2) is 4.49. The molecular formula is C14H18N2S. The van der Waals surface area contributed by atoms with Crippen LogP contribution in [0, 0.1) is 27.7 Å². The number of aromatic nitrogens is 1. The highest BCUT2D eigenvalue weighted by Gasteiger charge is 2.13. The van der Waals surface area contributed by atoms with Crippen molar-refractivity contribution in [2.24, 2.45) is 0 Å². The highest BCUT2D eigenvalue weighted by Crippen LogP contribution is 2.34. The van der Waals surface area contributed by atoms with E-state index in [9.17, 15) is 0 Å². The zero-order chi connectivity index (χ0) is 12.6. The smallest absolute Gasteiger partial charge is 0.183 e. The molecule has 0 amide bonds.